The first-order valence-electron chi connectivity index (χ1n) is 5.93. The van der Waals surface area contributed by atoms with Crippen molar-refractivity contribution in [2.45, 2.75) is 19.9 Å². The minimum absolute atomic E-state index is 0.312. The van der Waals surface area contributed by atoms with E-state index in [1.807, 2.05) is 6.07 Å². The summed E-state index contributed by atoms with van der Waals surface area (Å²) >= 11 is 4.06. The van der Waals surface area contributed by atoms with Crippen LogP contribution in [0.4, 0.5) is 11.4 Å². The third kappa shape index (κ3) is 3.17. The average molecular weight is 372 g/mol. The number of hydrogen-bond donors (Lipinski definition) is 2. The number of nitrogens with two attached hydrogens (primary N) is 1. The highest BCUT2D eigenvalue weighted by atomic mass is 127. The van der Waals surface area contributed by atoms with Gasteiger partial charge in [-0.1, -0.05) is 19.9 Å². The quantitative estimate of drug-likeness (QED) is 0.601. The zero-order chi connectivity index (χ0) is 13.1. The summed E-state index contributed by atoms with van der Waals surface area (Å²) in [5, 5.41) is 5.67. The topological polar surface area (TPSA) is 38.0 Å². The van der Waals surface area contributed by atoms with Gasteiger partial charge in [-0.15, -0.1) is 11.3 Å². The van der Waals surface area contributed by atoms with E-state index in [1.54, 1.807) is 11.3 Å². The van der Waals surface area contributed by atoms with Gasteiger partial charge in [-0.25, -0.2) is 0 Å². The number of halogens is 1. The molecular weight excluding hydrogens is 355 g/mol. The van der Waals surface area contributed by atoms with Crippen LogP contribution in [0.1, 0.15) is 24.8 Å². The molecule has 1 unspecified atom stereocenters. The maximum absolute atomic E-state index is 6.06. The molecule has 2 nitrogen and oxygen atoms in total. The molecule has 0 radical (unpaired) electrons. The minimum atomic E-state index is 0.312. The van der Waals surface area contributed by atoms with Gasteiger partial charge in [0.1, 0.15) is 0 Å². The summed E-state index contributed by atoms with van der Waals surface area (Å²) in [6, 6.07) is 10.7. The van der Waals surface area contributed by atoms with Gasteiger partial charge in [0.25, 0.3) is 0 Å². The summed E-state index contributed by atoms with van der Waals surface area (Å²) in [5.41, 5.74) is 7.88. The fourth-order valence-electron chi connectivity index (χ4n) is 1.87. The molecule has 18 heavy (non-hydrogen) atoms. The molecule has 0 aliphatic carbocycles. The molecule has 0 aliphatic heterocycles. The van der Waals surface area contributed by atoms with Crippen LogP contribution in [0.25, 0.3) is 0 Å². The van der Waals surface area contributed by atoms with E-state index in [0.29, 0.717) is 12.0 Å². The molecule has 0 saturated heterocycles. The van der Waals surface area contributed by atoms with Gasteiger partial charge in [-0.2, -0.15) is 0 Å². The lowest BCUT2D eigenvalue weighted by atomic mass is 10.0. The minimum Gasteiger partial charge on any atom is -0.397 e. The van der Waals surface area contributed by atoms with Crippen LogP contribution in [0.5, 0.6) is 0 Å². The number of nitrogens with one attached hydrogen (secondary N) is 1. The molecule has 0 amide bonds. The maximum Gasteiger partial charge on any atom is 0.0630 e. The van der Waals surface area contributed by atoms with Gasteiger partial charge in [0, 0.05) is 8.45 Å². The van der Waals surface area contributed by atoms with Crippen LogP contribution in [0.15, 0.2) is 35.7 Å². The van der Waals surface area contributed by atoms with Crippen molar-refractivity contribution in [1.29, 1.82) is 0 Å². The van der Waals surface area contributed by atoms with E-state index < -0.39 is 0 Å². The van der Waals surface area contributed by atoms with Crippen LogP contribution in [-0.4, -0.2) is 0 Å². The molecule has 2 aromatic rings. The fourth-order valence-corrected chi connectivity index (χ4v) is 3.33. The number of nitrogen functional groups attached to an aromatic ring is 1. The third-order valence-electron chi connectivity index (χ3n) is 2.84. The Bertz CT molecular complexity index is 509. The number of benzene rings is 1. The molecule has 2 rings (SSSR count). The van der Waals surface area contributed by atoms with Gasteiger partial charge in [-0.3, -0.25) is 0 Å². The Morgan fingerprint density at radius 2 is 2.06 bits per heavy atom. The SMILES string of the molecule is CC(C)C(Nc1ccc(I)cc1N)c1cccs1. The lowest BCUT2D eigenvalue weighted by Gasteiger charge is -2.23. The molecule has 1 atom stereocenters. The van der Waals surface area contributed by atoms with E-state index in [0.717, 1.165) is 14.9 Å². The summed E-state index contributed by atoms with van der Waals surface area (Å²) in [4.78, 5) is 1.35. The Kier molecular flexibility index (Phi) is 4.50. The van der Waals surface area contributed by atoms with Crippen LogP contribution in [-0.2, 0) is 0 Å². The van der Waals surface area contributed by atoms with Crippen molar-refractivity contribution in [2.24, 2.45) is 5.92 Å². The molecule has 1 heterocycles. The molecule has 1 aromatic carbocycles. The first kappa shape index (κ1) is 13.7. The maximum atomic E-state index is 6.06. The smallest absolute Gasteiger partial charge is 0.0630 e. The van der Waals surface area contributed by atoms with Crippen molar-refractivity contribution in [2.75, 3.05) is 11.1 Å². The first-order chi connectivity index (χ1) is 8.58. The number of rotatable bonds is 4. The van der Waals surface area contributed by atoms with E-state index >= 15 is 0 Å². The first-order valence-corrected chi connectivity index (χ1v) is 7.88. The molecule has 3 N–H and O–H groups in total. The summed E-state index contributed by atoms with van der Waals surface area (Å²) in [6.07, 6.45) is 0. The van der Waals surface area contributed by atoms with Crippen molar-refractivity contribution in [3.63, 3.8) is 0 Å². The highest BCUT2D eigenvalue weighted by molar-refractivity contribution is 14.1. The Labute approximate surface area is 126 Å². The summed E-state index contributed by atoms with van der Waals surface area (Å²) in [5.74, 6) is 0.516. The van der Waals surface area contributed by atoms with Crippen LogP contribution in [0.3, 0.4) is 0 Å². The lowest BCUT2D eigenvalue weighted by Crippen LogP contribution is -2.16. The molecule has 0 spiro atoms. The average Bonchev–Trinajstić information content (AvgIpc) is 2.80. The van der Waals surface area contributed by atoms with E-state index in [4.69, 9.17) is 5.73 Å². The largest absolute Gasteiger partial charge is 0.397 e. The second kappa shape index (κ2) is 5.93. The highest BCUT2D eigenvalue weighted by Crippen LogP contribution is 2.32. The molecule has 0 bridgehead atoms. The van der Waals surface area contributed by atoms with Crippen molar-refractivity contribution in [1.82, 2.24) is 0 Å². The standard InChI is InChI=1S/C14H17IN2S/c1-9(2)14(13-4-3-7-18-13)17-12-6-5-10(15)8-11(12)16/h3-9,14,17H,16H2,1-2H3. The van der Waals surface area contributed by atoms with Gasteiger partial charge in [0.2, 0.25) is 0 Å². The Balaban J connectivity index is 2.24. The van der Waals surface area contributed by atoms with E-state index in [1.165, 1.54) is 4.88 Å². The zero-order valence-corrected chi connectivity index (χ0v) is 13.5. The summed E-state index contributed by atoms with van der Waals surface area (Å²) < 4.78 is 1.16. The van der Waals surface area contributed by atoms with Gasteiger partial charge in [-0.05, 0) is 58.2 Å². The van der Waals surface area contributed by atoms with E-state index in [-0.39, 0.29) is 0 Å². The van der Waals surface area contributed by atoms with Crippen molar-refractivity contribution in [3.05, 3.63) is 44.2 Å². The predicted octanol–water partition coefficient (Wildman–Crippen LogP) is 4.74. The summed E-state index contributed by atoms with van der Waals surface area (Å²) in [6.45, 7) is 4.44. The van der Waals surface area contributed by atoms with Crippen LogP contribution < -0.4 is 11.1 Å². The Morgan fingerprint density at radius 1 is 1.28 bits per heavy atom. The normalized spacial score (nSPS) is 12.7. The van der Waals surface area contributed by atoms with Gasteiger partial charge >= 0.3 is 0 Å². The molecule has 0 aliphatic rings. The van der Waals surface area contributed by atoms with Crippen molar-refractivity contribution < 1.29 is 0 Å². The second-order valence-corrected chi connectivity index (χ2v) is 6.84. The van der Waals surface area contributed by atoms with Gasteiger partial charge in [0.05, 0.1) is 17.4 Å². The summed E-state index contributed by atoms with van der Waals surface area (Å²) in [7, 11) is 0. The monoisotopic (exact) mass is 372 g/mol. The molecule has 0 saturated carbocycles. The van der Waals surface area contributed by atoms with Crippen LogP contribution in [0.2, 0.25) is 0 Å². The highest BCUT2D eigenvalue weighted by Gasteiger charge is 2.17. The van der Waals surface area contributed by atoms with E-state index in [2.05, 4.69) is 71.4 Å². The van der Waals surface area contributed by atoms with E-state index in [9.17, 15) is 0 Å². The number of anilines is 2. The fraction of sp³-hybridized carbons (Fsp3) is 0.286. The van der Waals surface area contributed by atoms with Crippen molar-refractivity contribution in [3.8, 4) is 0 Å². The third-order valence-corrected chi connectivity index (χ3v) is 4.47. The Morgan fingerprint density at radius 3 is 2.61 bits per heavy atom. The number of thiophene rings is 1. The second-order valence-electron chi connectivity index (χ2n) is 4.61. The van der Waals surface area contributed by atoms with Crippen LogP contribution in [0, 0.1) is 9.49 Å². The van der Waals surface area contributed by atoms with Gasteiger partial charge in [0.15, 0.2) is 0 Å². The molecule has 96 valence electrons. The molecular formula is C14H17IN2S. The van der Waals surface area contributed by atoms with Crippen molar-refractivity contribution >= 4 is 45.3 Å². The Hall–Kier alpha value is -0.750. The molecule has 4 heteroatoms. The molecule has 0 fully saturated rings. The lowest BCUT2D eigenvalue weighted by molar-refractivity contribution is 0.554. The zero-order valence-electron chi connectivity index (χ0n) is 10.5. The van der Waals surface area contributed by atoms with Crippen LogP contribution >= 0.6 is 33.9 Å². The number of hydrogen-bond acceptors (Lipinski definition) is 3. The van der Waals surface area contributed by atoms with Gasteiger partial charge < -0.3 is 11.1 Å². The molecule has 1 aromatic heterocycles. The predicted molar refractivity (Wildman–Crippen MR) is 89.1 cm³/mol.